The van der Waals surface area contributed by atoms with Gasteiger partial charge in [-0.15, -0.1) is 0 Å². The first-order valence-corrected chi connectivity index (χ1v) is 6.75. The van der Waals surface area contributed by atoms with Crippen LogP contribution >= 0.6 is 0 Å². The summed E-state index contributed by atoms with van der Waals surface area (Å²) < 4.78 is 0. The van der Waals surface area contributed by atoms with E-state index < -0.39 is 0 Å². The van der Waals surface area contributed by atoms with E-state index in [9.17, 15) is 4.79 Å². The van der Waals surface area contributed by atoms with Crippen LogP contribution < -0.4 is 5.32 Å². The number of fused-ring (bicyclic) bond motifs is 1. The zero-order valence-electron chi connectivity index (χ0n) is 11.3. The molecule has 0 saturated carbocycles. The molecule has 0 bridgehead atoms. The van der Waals surface area contributed by atoms with Crippen molar-refractivity contribution in [2.75, 3.05) is 20.1 Å². The first-order chi connectivity index (χ1) is 8.70. The summed E-state index contributed by atoms with van der Waals surface area (Å²) in [5.74, 6) is 0.177. The van der Waals surface area contributed by atoms with Crippen LogP contribution in [-0.4, -0.2) is 37.0 Å². The fourth-order valence-electron chi connectivity index (χ4n) is 2.41. The molecule has 3 nitrogen and oxygen atoms in total. The zero-order chi connectivity index (χ0) is 13.0. The Morgan fingerprint density at radius 2 is 2.11 bits per heavy atom. The first kappa shape index (κ1) is 13.1. The Bertz CT molecular complexity index is 417. The van der Waals surface area contributed by atoms with Crippen molar-refractivity contribution in [3.05, 3.63) is 35.4 Å². The number of hydrogen-bond donors (Lipinski definition) is 1. The Morgan fingerprint density at radius 3 is 2.83 bits per heavy atom. The fourth-order valence-corrected chi connectivity index (χ4v) is 2.41. The summed E-state index contributed by atoms with van der Waals surface area (Å²) in [6.07, 6.45) is 3.28. The highest BCUT2D eigenvalue weighted by molar-refractivity contribution is 5.77. The molecule has 0 spiro atoms. The van der Waals surface area contributed by atoms with Gasteiger partial charge in [-0.25, -0.2) is 0 Å². The molecule has 1 unspecified atom stereocenters. The lowest BCUT2D eigenvalue weighted by molar-refractivity contribution is -0.128. The van der Waals surface area contributed by atoms with Gasteiger partial charge in [0.1, 0.15) is 0 Å². The molecular weight excluding hydrogens is 224 g/mol. The molecule has 1 N–H and O–H groups in total. The largest absolute Gasteiger partial charge is 0.345 e. The second-order valence-corrected chi connectivity index (χ2v) is 5.00. The van der Waals surface area contributed by atoms with Crippen LogP contribution in [-0.2, 0) is 17.6 Å². The summed E-state index contributed by atoms with van der Waals surface area (Å²) in [7, 11) is 1.85. The molecule has 0 fully saturated rings. The molecule has 1 aromatic rings. The van der Waals surface area contributed by atoms with Crippen LogP contribution in [0, 0.1) is 0 Å². The van der Waals surface area contributed by atoms with E-state index in [2.05, 4.69) is 29.6 Å². The summed E-state index contributed by atoms with van der Waals surface area (Å²) in [4.78, 5) is 13.5. The van der Waals surface area contributed by atoms with Gasteiger partial charge < -0.3 is 10.2 Å². The third-order valence-corrected chi connectivity index (χ3v) is 3.79. The van der Waals surface area contributed by atoms with E-state index in [4.69, 9.17) is 0 Å². The average molecular weight is 246 g/mol. The average Bonchev–Trinajstić information content (AvgIpc) is 2.43. The van der Waals surface area contributed by atoms with E-state index in [-0.39, 0.29) is 5.91 Å². The normalized spacial score (nSPS) is 18.2. The number of aryl methyl sites for hydroxylation is 1. The van der Waals surface area contributed by atoms with Gasteiger partial charge in [-0.2, -0.15) is 0 Å². The number of amides is 1. The molecule has 0 saturated heterocycles. The van der Waals surface area contributed by atoms with Gasteiger partial charge >= 0.3 is 0 Å². The van der Waals surface area contributed by atoms with Crippen molar-refractivity contribution in [2.45, 2.75) is 32.2 Å². The number of likely N-dealkylation sites (N-methyl/N-ethyl adjacent to an activating group) is 1. The minimum Gasteiger partial charge on any atom is -0.345 e. The number of hydrogen-bond acceptors (Lipinski definition) is 2. The van der Waals surface area contributed by atoms with Crippen molar-refractivity contribution in [3.8, 4) is 0 Å². The quantitative estimate of drug-likeness (QED) is 0.875. The highest BCUT2D eigenvalue weighted by atomic mass is 16.2. The van der Waals surface area contributed by atoms with Crippen molar-refractivity contribution in [3.63, 3.8) is 0 Å². The van der Waals surface area contributed by atoms with E-state index >= 15 is 0 Å². The molecule has 2 rings (SSSR count). The van der Waals surface area contributed by atoms with Gasteiger partial charge in [-0.1, -0.05) is 24.3 Å². The zero-order valence-corrected chi connectivity index (χ0v) is 11.3. The highest BCUT2D eigenvalue weighted by Gasteiger charge is 2.18. The van der Waals surface area contributed by atoms with Crippen LogP contribution in [0.15, 0.2) is 24.3 Å². The molecule has 0 heterocycles. The van der Waals surface area contributed by atoms with Crippen molar-refractivity contribution < 1.29 is 4.79 Å². The molecule has 1 atom stereocenters. The number of rotatable bonds is 4. The van der Waals surface area contributed by atoms with Crippen LogP contribution in [0.3, 0.4) is 0 Å². The molecule has 0 aromatic heterocycles. The van der Waals surface area contributed by atoms with E-state index in [0.29, 0.717) is 12.6 Å². The minimum atomic E-state index is 0.177. The Balaban J connectivity index is 1.85. The molecule has 1 aromatic carbocycles. The maximum atomic E-state index is 11.7. The Kier molecular flexibility index (Phi) is 4.37. The number of carbonyl (C=O) groups excluding carboxylic acids is 1. The van der Waals surface area contributed by atoms with Gasteiger partial charge in [0.15, 0.2) is 0 Å². The second-order valence-electron chi connectivity index (χ2n) is 5.00. The van der Waals surface area contributed by atoms with Gasteiger partial charge in [0.25, 0.3) is 0 Å². The summed E-state index contributed by atoms with van der Waals surface area (Å²) in [5, 5.41) is 3.39. The summed E-state index contributed by atoms with van der Waals surface area (Å²) in [6.45, 7) is 3.22. The van der Waals surface area contributed by atoms with Gasteiger partial charge in [0.2, 0.25) is 5.91 Å². The predicted octanol–water partition coefficient (Wildman–Crippen LogP) is 1.61. The lowest BCUT2D eigenvalue weighted by atomic mass is 9.88. The molecule has 3 heteroatoms. The maximum absolute atomic E-state index is 11.7. The van der Waals surface area contributed by atoms with Gasteiger partial charge in [0, 0.05) is 19.6 Å². The van der Waals surface area contributed by atoms with Crippen LogP contribution in [0.2, 0.25) is 0 Å². The van der Waals surface area contributed by atoms with Gasteiger partial charge in [0.05, 0.1) is 6.54 Å². The van der Waals surface area contributed by atoms with Crippen molar-refractivity contribution in [1.82, 2.24) is 10.2 Å². The summed E-state index contributed by atoms with van der Waals surface area (Å²) in [5.41, 5.74) is 2.89. The lowest BCUT2D eigenvalue weighted by Crippen LogP contribution is -2.42. The Morgan fingerprint density at radius 1 is 1.39 bits per heavy atom. The van der Waals surface area contributed by atoms with E-state index in [0.717, 1.165) is 25.8 Å². The second kappa shape index (κ2) is 6.01. The SMILES string of the molecule is CCN(C)C(=O)CNC1CCc2ccccc2C1. The summed E-state index contributed by atoms with van der Waals surface area (Å²) in [6, 6.07) is 9.04. The van der Waals surface area contributed by atoms with Gasteiger partial charge in [-0.05, 0) is 37.3 Å². The Labute approximate surface area is 109 Å². The fraction of sp³-hybridized carbons (Fsp3) is 0.533. The van der Waals surface area contributed by atoms with Crippen LogP contribution in [0.1, 0.15) is 24.5 Å². The molecule has 1 aliphatic rings. The van der Waals surface area contributed by atoms with E-state index in [1.807, 2.05) is 14.0 Å². The standard InChI is InChI=1S/C15H22N2O/c1-3-17(2)15(18)11-16-14-9-8-12-6-4-5-7-13(12)10-14/h4-7,14,16H,3,8-11H2,1-2H3. The maximum Gasteiger partial charge on any atom is 0.236 e. The van der Waals surface area contributed by atoms with Crippen LogP contribution in [0.25, 0.3) is 0 Å². The lowest BCUT2D eigenvalue weighted by Gasteiger charge is -2.26. The molecule has 0 aliphatic heterocycles. The topological polar surface area (TPSA) is 32.3 Å². The molecule has 18 heavy (non-hydrogen) atoms. The van der Waals surface area contributed by atoms with E-state index in [1.165, 1.54) is 11.1 Å². The smallest absolute Gasteiger partial charge is 0.236 e. The van der Waals surface area contributed by atoms with Crippen molar-refractivity contribution in [2.24, 2.45) is 0 Å². The van der Waals surface area contributed by atoms with Crippen molar-refractivity contribution >= 4 is 5.91 Å². The summed E-state index contributed by atoms with van der Waals surface area (Å²) >= 11 is 0. The van der Waals surface area contributed by atoms with E-state index in [1.54, 1.807) is 4.90 Å². The number of carbonyl (C=O) groups is 1. The van der Waals surface area contributed by atoms with Crippen LogP contribution in [0.5, 0.6) is 0 Å². The number of benzene rings is 1. The predicted molar refractivity (Wildman–Crippen MR) is 73.6 cm³/mol. The highest BCUT2D eigenvalue weighted by Crippen LogP contribution is 2.20. The first-order valence-electron chi connectivity index (χ1n) is 6.75. The van der Waals surface area contributed by atoms with Gasteiger partial charge in [-0.3, -0.25) is 4.79 Å². The van der Waals surface area contributed by atoms with Crippen LogP contribution in [0.4, 0.5) is 0 Å². The number of nitrogens with zero attached hydrogens (tertiary/aromatic N) is 1. The Hall–Kier alpha value is -1.35. The molecule has 1 amide bonds. The molecule has 0 radical (unpaired) electrons. The number of nitrogens with one attached hydrogen (secondary N) is 1. The third kappa shape index (κ3) is 3.10. The molecule has 98 valence electrons. The minimum absolute atomic E-state index is 0.177. The van der Waals surface area contributed by atoms with Crippen molar-refractivity contribution in [1.29, 1.82) is 0 Å². The monoisotopic (exact) mass is 246 g/mol. The third-order valence-electron chi connectivity index (χ3n) is 3.79. The molecule has 1 aliphatic carbocycles. The molecular formula is C15H22N2O.